The average molecular weight is 418 g/mol. The predicted octanol–water partition coefficient (Wildman–Crippen LogP) is 2.17. The summed E-state index contributed by atoms with van der Waals surface area (Å²) < 4.78 is 33.3. The van der Waals surface area contributed by atoms with Gasteiger partial charge in [-0.2, -0.15) is 0 Å². The molecule has 0 unspecified atom stereocenters. The summed E-state index contributed by atoms with van der Waals surface area (Å²) >= 11 is 0. The maximum atomic E-state index is 12.7. The van der Waals surface area contributed by atoms with Crippen molar-refractivity contribution in [3.8, 4) is 0 Å². The van der Waals surface area contributed by atoms with Crippen LogP contribution in [0.1, 0.15) is 21.5 Å². The van der Waals surface area contributed by atoms with Crippen LogP contribution in [0.2, 0.25) is 0 Å². The number of carbonyl (C=O) groups excluding carboxylic acids is 1. The molecule has 0 bridgehead atoms. The highest BCUT2D eigenvalue weighted by atomic mass is 32.2. The highest BCUT2D eigenvalue weighted by molar-refractivity contribution is 7.92. The van der Waals surface area contributed by atoms with E-state index in [9.17, 15) is 13.2 Å². The van der Waals surface area contributed by atoms with Crippen LogP contribution in [0.15, 0.2) is 47.4 Å². The average Bonchev–Trinajstić information content (AvgIpc) is 2.70. The van der Waals surface area contributed by atoms with E-state index in [2.05, 4.69) is 14.9 Å². The van der Waals surface area contributed by atoms with Crippen LogP contribution in [0.3, 0.4) is 0 Å². The molecular formula is C21H27N3O4S. The number of hydrogen-bond donors (Lipinski definition) is 2. The first kappa shape index (κ1) is 21.3. The summed E-state index contributed by atoms with van der Waals surface area (Å²) in [6.07, 6.45) is 0. The van der Waals surface area contributed by atoms with Gasteiger partial charge in [0.2, 0.25) is 0 Å². The predicted molar refractivity (Wildman–Crippen MR) is 113 cm³/mol. The SMILES string of the molecule is Cc1ccc(NS(=O)(=O)c2ccc(C)c(C(=O)NCCN3CCOCC3)c2)cc1. The molecule has 2 aromatic rings. The van der Waals surface area contributed by atoms with Crippen LogP contribution in [0.4, 0.5) is 5.69 Å². The summed E-state index contributed by atoms with van der Waals surface area (Å²) in [5, 5.41) is 2.89. The molecule has 156 valence electrons. The topological polar surface area (TPSA) is 87.7 Å². The van der Waals surface area contributed by atoms with E-state index in [4.69, 9.17) is 4.74 Å². The summed E-state index contributed by atoms with van der Waals surface area (Å²) in [7, 11) is -3.79. The van der Waals surface area contributed by atoms with E-state index in [-0.39, 0.29) is 10.8 Å². The van der Waals surface area contributed by atoms with Gasteiger partial charge < -0.3 is 10.1 Å². The first-order chi connectivity index (χ1) is 13.8. The summed E-state index contributed by atoms with van der Waals surface area (Å²) in [6.45, 7) is 8.09. The Kier molecular flexibility index (Phi) is 6.89. The molecule has 1 saturated heterocycles. The maximum absolute atomic E-state index is 12.7. The molecule has 0 atom stereocenters. The Morgan fingerprint density at radius 3 is 2.45 bits per heavy atom. The molecule has 0 aromatic heterocycles. The fourth-order valence-electron chi connectivity index (χ4n) is 3.10. The minimum absolute atomic E-state index is 0.0574. The Bertz CT molecular complexity index is 952. The van der Waals surface area contributed by atoms with Crippen LogP contribution < -0.4 is 10.0 Å². The molecule has 0 saturated carbocycles. The second-order valence-electron chi connectivity index (χ2n) is 7.16. The van der Waals surface area contributed by atoms with Gasteiger partial charge in [-0.1, -0.05) is 23.8 Å². The van der Waals surface area contributed by atoms with Gasteiger partial charge in [0.05, 0.1) is 18.1 Å². The number of nitrogens with one attached hydrogen (secondary N) is 2. The van der Waals surface area contributed by atoms with Crippen molar-refractivity contribution in [1.82, 2.24) is 10.2 Å². The Labute approximate surface area is 172 Å². The van der Waals surface area contributed by atoms with Crippen LogP contribution in [0, 0.1) is 13.8 Å². The van der Waals surface area contributed by atoms with Crippen LogP contribution in [-0.4, -0.2) is 58.6 Å². The van der Waals surface area contributed by atoms with Crippen molar-refractivity contribution < 1.29 is 17.9 Å². The second kappa shape index (κ2) is 9.39. The van der Waals surface area contributed by atoms with E-state index < -0.39 is 10.0 Å². The highest BCUT2D eigenvalue weighted by Crippen LogP contribution is 2.19. The summed E-state index contributed by atoms with van der Waals surface area (Å²) in [4.78, 5) is 14.9. The van der Waals surface area contributed by atoms with Crippen LogP contribution in [0.5, 0.6) is 0 Å². The zero-order valence-corrected chi connectivity index (χ0v) is 17.6. The molecule has 2 aromatic carbocycles. The third-order valence-electron chi connectivity index (χ3n) is 4.89. The lowest BCUT2D eigenvalue weighted by molar-refractivity contribution is 0.0383. The molecule has 0 aliphatic carbocycles. The van der Waals surface area contributed by atoms with Crippen molar-refractivity contribution in [2.75, 3.05) is 44.1 Å². The van der Waals surface area contributed by atoms with E-state index in [0.717, 1.165) is 30.8 Å². The van der Waals surface area contributed by atoms with Crippen LogP contribution >= 0.6 is 0 Å². The zero-order chi connectivity index (χ0) is 20.9. The molecule has 1 aliphatic heterocycles. The molecule has 29 heavy (non-hydrogen) atoms. The molecule has 1 fully saturated rings. The lowest BCUT2D eigenvalue weighted by Gasteiger charge is -2.26. The minimum Gasteiger partial charge on any atom is -0.379 e. The normalized spacial score (nSPS) is 15.1. The van der Waals surface area contributed by atoms with E-state index in [1.165, 1.54) is 12.1 Å². The Hall–Kier alpha value is -2.42. The van der Waals surface area contributed by atoms with E-state index >= 15 is 0 Å². The van der Waals surface area contributed by atoms with Gasteiger partial charge in [-0.15, -0.1) is 0 Å². The Balaban J connectivity index is 1.67. The van der Waals surface area contributed by atoms with Crippen molar-refractivity contribution in [2.24, 2.45) is 0 Å². The maximum Gasteiger partial charge on any atom is 0.261 e. The zero-order valence-electron chi connectivity index (χ0n) is 16.8. The van der Waals surface area contributed by atoms with E-state index in [1.807, 2.05) is 19.1 Å². The summed E-state index contributed by atoms with van der Waals surface area (Å²) in [5.41, 5.74) is 2.61. The molecule has 1 aliphatic rings. The second-order valence-corrected chi connectivity index (χ2v) is 8.84. The monoisotopic (exact) mass is 417 g/mol. The molecule has 0 spiro atoms. The number of ether oxygens (including phenoxy) is 1. The fourth-order valence-corrected chi connectivity index (χ4v) is 4.18. The molecule has 8 heteroatoms. The molecule has 7 nitrogen and oxygen atoms in total. The number of aryl methyl sites for hydroxylation is 2. The number of nitrogens with zero attached hydrogens (tertiary/aromatic N) is 1. The van der Waals surface area contributed by atoms with Crippen molar-refractivity contribution >= 4 is 21.6 Å². The number of morpholine rings is 1. The van der Waals surface area contributed by atoms with Gasteiger partial charge in [0.15, 0.2) is 0 Å². The fraction of sp³-hybridized carbons (Fsp3) is 0.381. The molecular weight excluding hydrogens is 390 g/mol. The third kappa shape index (κ3) is 5.79. The number of rotatable bonds is 7. The number of hydrogen-bond acceptors (Lipinski definition) is 5. The quantitative estimate of drug-likeness (QED) is 0.721. The first-order valence-corrected chi connectivity index (χ1v) is 11.1. The minimum atomic E-state index is -3.79. The number of anilines is 1. The van der Waals surface area contributed by atoms with Crippen LogP contribution in [-0.2, 0) is 14.8 Å². The third-order valence-corrected chi connectivity index (χ3v) is 6.26. The Morgan fingerprint density at radius 1 is 1.07 bits per heavy atom. The van der Waals surface area contributed by atoms with Crippen molar-refractivity contribution in [2.45, 2.75) is 18.7 Å². The number of sulfonamides is 1. The number of amides is 1. The van der Waals surface area contributed by atoms with Gasteiger partial charge >= 0.3 is 0 Å². The molecule has 2 N–H and O–H groups in total. The van der Waals surface area contributed by atoms with Gasteiger partial charge in [-0.3, -0.25) is 14.4 Å². The summed E-state index contributed by atoms with van der Waals surface area (Å²) in [6, 6.07) is 11.7. The van der Waals surface area contributed by atoms with Gasteiger partial charge in [-0.05, 0) is 43.7 Å². The molecule has 1 heterocycles. The molecule has 1 amide bonds. The van der Waals surface area contributed by atoms with Crippen LogP contribution in [0.25, 0.3) is 0 Å². The lowest BCUT2D eigenvalue weighted by Crippen LogP contribution is -2.41. The Morgan fingerprint density at radius 2 is 1.76 bits per heavy atom. The van der Waals surface area contributed by atoms with Gasteiger partial charge in [0.25, 0.3) is 15.9 Å². The number of carbonyl (C=O) groups is 1. The van der Waals surface area contributed by atoms with Crippen molar-refractivity contribution in [3.63, 3.8) is 0 Å². The highest BCUT2D eigenvalue weighted by Gasteiger charge is 2.18. The van der Waals surface area contributed by atoms with Gasteiger partial charge in [-0.25, -0.2) is 8.42 Å². The number of benzene rings is 2. The first-order valence-electron chi connectivity index (χ1n) is 9.63. The lowest BCUT2D eigenvalue weighted by atomic mass is 10.1. The van der Waals surface area contributed by atoms with Crippen molar-refractivity contribution in [1.29, 1.82) is 0 Å². The van der Waals surface area contributed by atoms with E-state index in [1.54, 1.807) is 25.1 Å². The largest absolute Gasteiger partial charge is 0.379 e. The molecule has 0 radical (unpaired) electrons. The smallest absolute Gasteiger partial charge is 0.261 e. The summed E-state index contributed by atoms with van der Waals surface area (Å²) in [5.74, 6) is -0.275. The van der Waals surface area contributed by atoms with Crippen molar-refractivity contribution in [3.05, 3.63) is 59.2 Å². The van der Waals surface area contributed by atoms with E-state index in [0.29, 0.717) is 31.0 Å². The molecule has 3 rings (SSSR count). The van der Waals surface area contributed by atoms with Gasteiger partial charge in [0.1, 0.15) is 0 Å². The standard InChI is InChI=1S/C21H27N3O4S/c1-16-3-6-18(7-4-16)23-29(26,27)19-8-5-17(2)20(15-19)21(25)22-9-10-24-11-13-28-14-12-24/h3-8,15,23H,9-14H2,1-2H3,(H,22,25). The van der Waals surface area contributed by atoms with Gasteiger partial charge in [0, 0.05) is 37.4 Å².